The Bertz CT molecular complexity index is 714. The summed E-state index contributed by atoms with van der Waals surface area (Å²) in [5.74, 6) is -0.300. The van der Waals surface area contributed by atoms with Gasteiger partial charge in [0.15, 0.2) is 0 Å². The van der Waals surface area contributed by atoms with Crippen molar-refractivity contribution in [3.05, 3.63) is 54.4 Å². The van der Waals surface area contributed by atoms with Crippen LogP contribution in [0, 0.1) is 0 Å². The zero-order valence-electron chi connectivity index (χ0n) is 9.92. The van der Waals surface area contributed by atoms with E-state index in [1.165, 1.54) is 0 Å². The van der Waals surface area contributed by atoms with Crippen LogP contribution in [0.5, 0.6) is 0 Å². The molecule has 0 fully saturated rings. The molecule has 3 N–H and O–H groups in total. The zero-order chi connectivity index (χ0) is 13.2. The Morgan fingerprint density at radius 3 is 2.79 bits per heavy atom. The molecule has 0 saturated heterocycles. The van der Waals surface area contributed by atoms with Crippen molar-refractivity contribution in [2.24, 2.45) is 0 Å². The first-order valence-corrected chi connectivity index (χ1v) is 5.76. The molecule has 3 aromatic rings. The molecule has 0 saturated carbocycles. The van der Waals surface area contributed by atoms with Crippen LogP contribution in [0.2, 0.25) is 0 Å². The molecule has 0 spiro atoms. The second-order valence-corrected chi connectivity index (χ2v) is 4.12. The first-order valence-electron chi connectivity index (χ1n) is 5.76. The molecule has 0 radical (unpaired) electrons. The third-order valence-corrected chi connectivity index (χ3v) is 2.85. The van der Waals surface area contributed by atoms with Crippen LogP contribution < -0.4 is 0 Å². The van der Waals surface area contributed by atoms with E-state index in [9.17, 15) is 4.79 Å². The molecule has 3 rings (SSSR count). The van der Waals surface area contributed by atoms with Crippen LogP contribution >= 0.6 is 0 Å². The molecule has 0 atom stereocenters. The van der Waals surface area contributed by atoms with E-state index in [1.807, 2.05) is 24.4 Å². The van der Waals surface area contributed by atoms with Crippen LogP contribution in [-0.2, 0) is 0 Å². The Kier molecular flexibility index (Phi) is 2.64. The van der Waals surface area contributed by atoms with Crippen molar-refractivity contribution in [3.63, 3.8) is 0 Å². The first-order chi connectivity index (χ1) is 9.24. The van der Waals surface area contributed by atoms with Gasteiger partial charge in [-0.05, 0) is 24.3 Å². The lowest BCUT2D eigenvalue weighted by Crippen LogP contribution is -1.96. The van der Waals surface area contributed by atoms with Gasteiger partial charge in [0.2, 0.25) is 0 Å². The molecule has 1 aromatic carbocycles. The predicted octanol–water partition coefficient (Wildman–Crippen LogP) is 2.77. The van der Waals surface area contributed by atoms with Crippen molar-refractivity contribution in [1.82, 2.24) is 15.0 Å². The summed E-state index contributed by atoms with van der Waals surface area (Å²) in [6.45, 7) is 0. The Morgan fingerprint density at radius 1 is 1.16 bits per heavy atom. The molecule has 2 aromatic heterocycles. The standard InChI is InChI=1S/C14H11N3O2/c18-14(19)10-4-1-3-9(7-10)13-16-8-12(17-13)11-5-2-6-15-11/h1-8,15H,(H,16,17)(H,18,19). The second kappa shape index (κ2) is 4.45. The fourth-order valence-corrected chi connectivity index (χ4v) is 1.90. The maximum absolute atomic E-state index is 10.9. The number of aromatic nitrogens is 3. The molecule has 5 heteroatoms. The van der Waals surface area contributed by atoms with E-state index in [4.69, 9.17) is 5.11 Å². The minimum atomic E-state index is -0.946. The minimum Gasteiger partial charge on any atom is -0.478 e. The third kappa shape index (κ3) is 2.13. The monoisotopic (exact) mass is 253 g/mol. The van der Waals surface area contributed by atoms with Gasteiger partial charge in [0.1, 0.15) is 5.82 Å². The van der Waals surface area contributed by atoms with Crippen molar-refractivity contribution in [2.75, 3.05) is 0 Å². The van der Waals surface area contributed by atoms with E-state index in [1.54, 1.807) is 24.4 Å². The summed E-state index contributed by atoms with van der Waals surface area (Å²) in [6, 6.07) is 10.5. The van der Waals surface area contributed by atoms with Crippen LogP contribution in [0.15, 0.2) is 48.8 Å². The lowest BCUT2D eigenvalue weighted by Gasteiger charge is -1.99. The van der Waals surface area contributed by atoms with E-state index < -0.39 is 5.97 Å². The molecule has 94 valence electrons. The number of rotatable bonds is 3. The highest BCUT2D eigenvalue weighted by atomic mass is 16.4. The van der Waals surface area contributed by atoms with Gasteiger partial charge in [-0.3, -0.25) is 0 Å². The number of aromatic carboxylic acids is 1. The molecule has 2 heterocycles. The Hall–Kier alpha value is -2.82. The number of carboxylic acids is 1. The van der Waals surface area contributed by atoms with Crippen LogP contribution in [0.4, 0.5) is 0 Å². The van der Waals surface area contributed by atoms with Crippen LogP contribution in [0.3, 0.4) is 0 Å². The summed E-state index contributed by atoms with van der Waals surface area (Å²) in [5.41, 5.74) is 2.79. The third-order valence-electron chi connectivity index (χ3n) is 2.85. The molecule has 0 bridgehead atoms. The number of benzene rings is 1. The van der Waals surface area contributed by atoms with E-state index in [-0.39, 0.29) is 5.56 Å². The lowest BCUT2D eigenvalue weighted by atomic mass is 10.1. The second-order valence-electron chi connectivity index (χ2n) is 4.12. The number of carboxylic acid groups (broad SMARTS) is 1. The van der Waals surface area contributed by atoms with Crippen molar-refractivity contribution in [2.45, 2.75) is 0 Å². The number of H-pyrrole nitrogens is 2. The number of nitrogens with one attached hydrogen (secondary N) is 2. The van der Waals surface area contributed by atoms with Crippen molar-refractivity contribution >= 4 is 5.97 Å². The fourth-order valence-electron chi connectivity index (χ4n) is 1.90. The van der Waals surface area contributed by atoms with Gasteiger partial charge in [0.25, 0.3) is 0 Å². The summed E-state index contributed by atoms with van der Waals surface area (Å²) in [5, 5.41) is 8.98. The average Bonchev–Trinajstić information content (AvgIpc) is 3.09. The molecular formula is C14H11N3O2. The van der Waals surface area contributed by atoms with Gasteiger partial charge in [0, 0.05) is 11.8 Å². The Balaban J connectivity index is 1.99. The number of imidazole rings is 1. The average molecular weight is 253 g/mol. The minimum absolute atomic E-state index is 0.246. The SMILES string of the molecule is O=C(O)c1cccc(-c2ncc(-c3ccc[nH]3)[nH]2)c1. The maximum Gasteiger partial charge on any atom is 0.335 e. The van der Waals surface area contributed by atoms with Crippen molar-refractivity contribution in [3.8, 4) is 22.8 Å². The number of carbonyl (C=O) groups is 1. The molecule has 0 aliphatic heterocycles. The largest absolute Gasteiger partial charge is 0.478 e. The number of hydrogen-bond donors (Lipinski definition) is 3. The van der Waals surface area contributed by atoms with E-state index in [0.29, 0.717) is 5.82 Å². The van der Waals surface area contributed by atoms with Gasteiger partial charge in [-0.15, -0.1) is 0 Å². The lowest BCUT2D eigenvalue weighted by molar-refractivity contribution is 0.0697. The fraction of sp³-hybridized carbons (Fsp3) is 0. The molecule has 5 nitrogen and oxygen atoms in total. The molecule has 0 amide bonds. The van der Waals surface area contributed by atoms with Gasteiger partial charge in [-0.1, -0.05) is 12.1 Å². The normalized spacial score (nSPS) is 10.5. The van der Waals surface area contributed by atoms with Crippen LogP contribution in [0.25, 0.3) is 22.8 Å². The van der Waals surface area contributed by atoms with Crippen molar-refractivity contribution in [1.29, 1.82) is 0 Å². The molecule has 0 aliphatic rings. The number of aromatic amines is 2. The Morgan fingerprint density at radius 2 is 2.05 bits per heavy atom. The predicted molar refractivity (Wildman–Crippen MR) is 70.8 cm³/mol. The molecule has 0 aliphatic carbocycles. The van der Waals surface area contributed by atoms with Crippen LogP contribution in [-0.4, -0.2) is 26.0 Å². The number of hydrogen-bond acceptors (Lipinski definition) is 2. The van der Waals surface area contributed by atoms with Crippen molar-refractivity contribution < 1.29 is 9.90 Å². The highest BCUT2D eigenvalue weighted by Crippen LogP contribution is 2.21. The van der Waals surface area contributed by atoms with E-state index >= 15 is 0 Å². The van der Waals surface area contributed by atoms with Gasteiger partial charge < -0.3 is 15.1 Å². The summed E-state index contributed by atoms with van der Waals surface area (Å²) >= 11 is 0. The quantitative estimate of drug-likeness (QED) is 0.671. The highest BCUT2D eigenvalue weighted by Gasteiger charge is 2.08. The summed E-state index contributed by atoms with van der Waals surface area (Å²) in [7, 11) is 0. The van der Waals surface area contributed by atoms with Gasteiger partial charge in [-0.2, -0.15) is 0 Å². The molecule has 19 heavy (non-hydrogen) atoms. The van der Waals surface area contributed by atoms with Crippen LogP contribution in [0.1, 0.15) is 10.4 Å². The highest BCUT2D eigenvalue weighted by molar-refractivity contribution is 5.89. The first kappa shape index (κ1) is 11.3. The summed E-state index contributed by atoms with van der Waals surface area (Å²) in [4.78, 5) is 21.5. The summed E-state index contributed by atoms with van der Waals surface area (Å²) in [6.07, 6.45) is 3.55. The topological polar surface area (TPSA) is 81.8 Å². The molecule has 0 unspecified atom stereocenters. The Labute approximate surface area is 109 Å². The van der Waals surface area contributed by atoms with Gasteiger partial charge >= 0.3 is 5.97 Å². The number of nitrogens with zero attached hydrogens (tertiary/aromatic N) is 1. The van der Waals surface area contributed by atoms with Gasteiger partial charge in [0.05, 0.1) is 23.1 Å². The van der Waals surface area contributed by atoms with E-state index in [0.717, 1.165) is 17.0 Å². The zero-order valence-corrected chi connectivity index (χ0v) is 9.92. The van der Waals surface area contributed by atoms with E-state index in [2.05, 4.69) is 15.0 Å². The molecular weight excluding hydrogens is 242 g/mol. The maximum atomic E-state index is 10.9. The smallest absolute Gasteiger partial charge is 0.335 e. The summed E-state index contributed by atoms with van der Waals surface area (Å²) < 4.78 is 0. The van der Waals surface area contributed by atoms with Gasteiger partial charge in [-0.25, -0.2) is 9.78 Å².